The van der Waals surface area contributed by atoms with Gasteiger partial charge in [0, 0.05) is 19.2 Å². The average Bonchev–Trinajstić information content (AvgIpc) is 2.51. The van der Waals surface area contributed by atoms with Crippen molar-refractivity contribution in [2.24, 2.45) is 5.41 Å². The molecule has 2 nitrogen and oxygen atoms in total. The normalized spacial score (nSPS) is 20.5. The van der Waals surface area contributed by atoms with Gasteiger partial charge >= 0.3 is 0 Å². The van der Waals surface area contributed by atoms with E-state index >= 15 is 0 Å². The molecule has 1 N–H and O–H groups in total. The fourth-order valence-corrected chi connectivity index (χ4v) is 2.71. The van der Waals surface area contributed by atoms with E-state index in [2.05, 4.69) is 39.9 Å². The van der Waals surface area contributed by atoms with E-state index in [0.717, 1.165) is 19.6 Å². The molecular weight excluding hydrogens is 234 g/mol. The van der Waals surface area contributed by atoms with Crippen LogP contribution in [0.3, 0.4) is 0 Å². The van der Waals surface area contributed by atoms with Crippen LogP contribution in [-0.4, -0.2) is 24.8 Å². The molecule has 1 aliphatic rings. The highest BCUT2D eigenvalue weighted by molar-refractivity contribution is 4.86. The molecule has 19 heavy (non-hydrogen) atoms. The monoisotopic (exact) mass is 269 g/mol. The van der Waals surface area contributed by atoms with Gasteiger partial charge < -0.3 is 10.1 Å². The highest BCUT2D eigenvalue weighted by Gasteiger charge is 2.32. The van der Waals surface area contributed by atoms with Gasteiger partial charge in [-0.1, -0.05) is 60.3 Å². The lowest BCUT2D eigenvalue weighted by atomic mass is 9.91. The summed E-state index contributed by atoms with van der Waals surface area (Å²) in [4.78, 5) is 0. The molecule has 0 aromatic rings. The van der Waals surface area contributed by atoms with E-state index in [-0.39, 0.29) is 5.60 Å². The van der Waals surface area contributed by atoms with Gasteiger partial charge in [0.15, 0.2) is 0 Å². The van der Waals surface area contributed by atoms with Crippen molar-refractivity contribution >= 4 is 0 Å². The number of nitrogens with one attached hydrogen (secondary N) is 1. The number of hydrogen-bond acceptors (Lipinski definition) is 2. The van der Waals surface area contributed by atoms with Crippen LogP contribution in [0.2, 0.25) is 0 Å². The number of ether oxygens (including phenoxy) is 1. The highest BCUT2D eigenvalue weighted by atomic mass is 16.5. The predicted molar refractivity (Wildman–Crippen MR) is 83.6 cm³/mol. The lowest BCUT2D eigenvalue weighted by Gasteiger charge is -2.35. The van der Waals surface area contributed by atoms with E-state index in [4.69, 9.17) is 4.74 Å². The summed E-state index contributed by atoms with van der Waals surface area (Å²) in [5, 5.41) is 3.61. The van der Waals surface area contributed by atoms with Gasteiger partial charge in [0.05, 0.1) is 5.60 Å². The van der Waals surface area contributed by atoms with Gasteiger partial charge in [0.1, 0.15) is 0 Å². The zero-order chi connectivity index (χ0) is 14.4. The van der Waals surface area contributed by atoms with Crippen molar-refractivity contribution in [1.82, 2.24) is 5.32 Å². The van der Waals surface area contributed by atoms with Crippen molar-refractivity contribution in [3.05, 3.63) is 0 Å². The standard InChI is InChI=1S/C17H35NO/c1-15(2)18-14-17(10-8-6-7-9-11-17)19-13-12-16(3,4)5/h15,18H,6-14H2,1-5H3. The first-order valence-corrected chi connectivity index (χ1v) is 8.20. The summed E-state index contributed by atoms with van der Waals surface area (Å²) >= 11 is 0. The molecule has 1 rings (SSSR count). The predicted octanol–water partition coefficient (Wildman–Crippen LogP) is 4.53. The Morgan fingerprint density at radius 2 is 1.63 bits per heavy atom. The maximum Gasteiger partial charge on any atom is 0.0806 e. The lowest BCUT2D eigenvalue weighted by Crippen LogP contribution is -2.45. The summed E-state index contributed by atoms with van der Waals surface area (Å²) in [5.74, 6) is 0. The first-order valence-electron chi connectivity index (χ1n) is 8.20. The Labute approximate surface area is 120 Å². The number of hydrogen-bond donors (Lipinski definition) is 1. The Bertz CT molecular complexity index is 234. The molecule has 0 spiro atoms. The number of rotatable bonds is 6. The van der Waals surface area contributed by atoms with Crippen molar-refractivity contribution in [3.8, 4) is 0 Å². The molecular formula is C17H35NO. The second kappa shape index (κ2) is 7.64. The van der Waals surface area contributed by atoms with Crippen molar-refractivity contribution in [3.63, 3.8) is 0 Å². The third-order valence-electron chi connectivity index (χ3n) is 4.11. The molecule has 0 radical (unpaired) electrons. The van der Waals surface area contributed by atoms with E-state index in [1.807, 2.05) is 0 Å². The smallest absolute Gasteiger partial charge is 0.0806 e. The Kier molecular flexibility index (Phi) is 6.82. The van der Waals surface area contributed by atoms with Crippen LogP contribution in [0.25, 0.3) is 0 Å². The van der Waals surface area contributed by atoms with Gasteiger partial charge in [0.2, 0.25) is 0 Å². The molecule has 0 aromatic carbocycles. The summed E-state index contributed by atoms with van der Waals surface area (Å²) in [6, 6.07) is 0.548. The molecule has 0 bridgehead atoms. The van der Waals surface area contributed by atoms with Gasteiger partial charge in [-0.15, -0.1) is 0 Å². The summed E-state index contributed by atoms with van der Waals surface area (Å²) in [6.07, 6.45) is 9.03. The Morgan fingerprint density at radius 3 is 2.11 bits per heavy atom. The van der Waals surface area contributed by atoms with Gasteiger partial charge in [-0.05, 0) is 24.7 Å². The molecule has 0 aliphatic heterocycles. The minimum atomic E-state index is 0.103. The lowest BCUT2D eigenvalue weighted by molar-refractivity contribution is -0.0635. The molecule has 0 amide bonds. The van der Waals surface area contributed by atoms with Crippen LogP contribution in [0.15, 0.2) is 0 Å². The fraction of sp³-hybridized carbons (Fsp3) is 1.00. The van der Waals surface area contributed by atoms with Crippen molar-refractivity contribution in [2.75, 3.05) is 13.2 Å². The summed E-state index contributed by atoms with van der Waals surface area (Å²) in [7, 11) is 0. The third-order valence-corrected chi connectivity index (χ3v) is 4.11. The van der Waals surface area contributed by atoms with Crippen LogP contribution in [0.4, 0.5) is 0 Å². The second-order valence-electron chi connectivity index (χ2n) is 7.79. The van der Waals surface area contributed by atoms with Crippen LogP contribution in [0.5, 0.6) is 0 Å². The van der Waals surface area contributed by atoms with E-state index in [1.54, 1.807) is 0 Å². The largest absolute Gasteiger partial charge is 0.374 e. The Hall–Kier alpha value is -0.0800. The fourth-order valence-electron chi connectivity index (χ4n) is 2.71. The zero-order valence-electron chi connectivity index (χ0n) is 13.8. The Morgan fingerprint density at radius 1 is 1.05 bits per heavy atom. The second-order valence-corrected chi connectivity index (χ2v) is 7.79. The molecule has 1 fully saturated rings. The summed E-state index contributed by atoms with van der Waals surface area (Å²) in [5.41, 5.74) is 0.476. The van der Waals surface area contributed by atoms with Crippen LogP contribution >= 0.6 is 0 Å². The molecule has 0 atom stereocenters. The van der Waals surface area contributed by atoms with E-state index < -0.39 is 0 Å². The minimum absolute atomic E-state index is 0.103. The van der Waals surface area contributed by atoms with Gasteiger partial charge in [-0.3, -0.25) is 0 Å². The maximum absolute atomic E-state index is 6.41. The van der Waals surface area contributed by atoms with Crippen molar-refractivity contribution < 1.29 is 4.74 Å². The SMILES string of the molecule is CC(C)NCC1(OCCC(C)(C)C)CCCCCC1. The molecule has 0 unspecified atom stereocenters. The van der Waals surface area contributed by atoms with Crippen molar-refractivity contribution in [1.29, 1.82) is 0 Å². The first kappa shape index (κ1) is 17.0. The molecule has 114 valence electrons. The Balaban J connectivity index is 2.52. The molecule has 1 aliphatic carbocycles. The molecule has 2 heteroatoms. The van der Waals surface area contributed by atoms with Gasteiger partial charge in [0.25, 0.3) is 0 Å². The van der Waals surface area contributed by atoms with Crippen LogP contribution in [0, 0.1) is 5.41 Å². The first-order chi connectivity index (χ1) is 8.83. The minimum Gasteiger partial charge on any atom is -0.374 e. The van der Waals surface area contributed by atoms with E-state index in [0.29, 0.717) is 11.5 Å². The molecule has 1 saturated carbocycles. The van der Waals surface area contributed by atoms with Crippen LogP contribution in [0.1, 0.15) is 79.6 Å². The van der Waals surface area contributed by atoms with Gasteiger partial charge in [-0.25, -0.2) is 0 Å². The summed E-state index contributed by atoms with van der Waals surface area (Å²) in [6.45, 7) is 13.3. The van der Waals surface area contributed by atoms with E-state index in [1.165, 1.54) is 38.5 Å². The molecule has 0 aromatic heterocycles. The summed E-state index contributed by atoms with van der Waals surface area (Å²) < 4.78 is 6.41. The third kappa shape index (κ3) is 7.31. The topological polar surface area (TPSA) is 21.3 Å². The molecule has 0 heterocycles. The average molecular weight is 269 g/mol. The van der Waals surface area contributed by atoms with Crippen molar-refractivity contribution in [2.45, 2.75) is 91.2 Å². The van der Waals surface area contributed by atoms with E-state index in [9.17, 15) is 0 Å². The maximum atomic E-state index is 6.41. The van der Waals surface area contributed by atoms with Gasteiger partial charge in [-0.2, -0.15) is 0 Å². The molecule has 0 saturated heterocycles. The highest BCUT2D eigenvalue weighted by Crippen LogP contribution is 2.31. The van der Waals surface area contributed by atoms with Crippen LogP contribution < -0.4 is 5.32 Å². The zero-order valence-corrected chi connectivity index (χ0v) is 13.8. The van der Waals surface area contributed by atoms with Crippen LogP contribution in [-0.2, 0) is 4.74 Å². The quantitative estimate of drug-likeness (QED) is 0.715.